The van der Waals surface area contributed by atoms with Crippen LogP contribution >= 0.6 is 46.3 Å². The number of hydrogen-bond donors (Lipinski definition) is 1. The molecule has 2 heterocycles. The van der Waals surface area contributed by atoms with Gasteiger partial charge in [0.05, 0.1) is 16.0 Å². The van der Waals surface area contributed by atoms with E-state index < -0.39 is 0 Å². The van der Waals surface area contributed by atoms with E-state index in [1.54, 1.807) is 29.5 Å². The molecular formula is C16H10Cl2N4OS2. The maximum absolute atomic E-state index is 12.2. The molecule has 5 nitrogen and oxygen atoms in total. The first-order chi connectivity index (χ1) is 12.1. The number of carbonyl (C=O) groups is 1. The smallest absolute Gasteiger partial charge is 0.234 e. The molecule has 4 rings (SSSR count). The molecule has 0 radical (unpaired) electrons. The molecule has 4 aromatic rings. The van der Waals surface area contributed by atoms with E-state index >= 15 is 0 Å². The minimum absolute atomic E-state index is 0.167. The van der Waals surface area contributed by atoms with Crippen molar-refractivity contribution in [3.8, 4) is 0 Å². The van der Waals surface area contributed by atoms with E-state index in [9.17, 15) is 4.79 Å². The highest BCUT2D eigenvalue weighted by Crippen LogP contribution is 2.29. The summed E-state index contributed by atoms with van der Waals surface area (Å²) in [6.07, 6.45) is 0. The van der Waals surface area contributed by atoms with Gasteiger partial charge in [0.25, 0.3) is 0 Å². The first kappa shape index (κ1) is 16.7. The highest BCUT2D eigenvalue weighted by atomic mass is 35.5. The Bertz CT molecular complexity index is 1070. The third-order valence-electron chi connectivity index (χ3n) is 3.39. The molecule has 0 bridgehead atoms. The van der Waals surface area contributed by atoms with E-state index in [0.717, 1.165) is 15.2 Å². The van der Waals surface area contributed by atoms with Crippen LogP contribution < -0.4 is 5.32 Å². The van der Waals surface area contributed by atoms with Crippen LogP contribution in [0.2, 0.25) is 10.0 Å². The Balaban J connectivity index is 1.51. The number of amides is 1. The summed E-state index contributed by atoms with van der Waals surface area (Å²) in [5.41, 5.74) is 1.60. The van der Waals surface area contributed by atoms with Gasteiger partial charge in [0.15, 0.2) is 5.16 Å². The van der Waals surface area contributed by atoms with E-state index in [1.807, 2.05) is 28.7 Å². The molecular weight excluding hydrogens is 399 g/mol. The van der Waals surface area contributed by atoms with Crippen molar-refractivity contribution in [3.05, 3.63) is 52.5 Å². The summed E-state index contributed by atoms with van der Waals surface area (Å²) >= 11 is 14.8. The number of carbonyl (C=O) groups excluding carboxylic acids is 1. The van der Waals surface area contributed by atoms with Crippen molar-refractivity contribution >= 4 is 73.1 Å². The Hall–Kier alpha value is -1.80. The lowest BCUT2D eigenvalue weighted by Crippen LogP contribution is -2.14. The fourth-order valence-electron chi connectivity index (χ4n) is 2.40. The van der Waals surface area contributed by atoms with Gasteiger partial charge < -0.3 is 5.32 Å². The van der Waals surface area contributed by atoms with E-state index in [2.05, 4.69) is 15.5 Å². The maximum Gasteiger partial charge on any atom is 0.234 e. The summed E-state index contributed by atoms with van der Waals surface area (Å²) in [5.74, 6) is 0.0365. The largest absolute Gasteiger partial charge is 0.325 e. The average Bonchev–Trinajstić information content (AvgIpc) is 3.11. The highest BCUT2D eigenvalue weighted by Gasteiger charge is 2.14. The number of thioether (sulfide) groups is 1. The maximum atomic E-state index is 12.2. The third kappa shape index (κ3) is 3.46. The summed E-state index contributed by atoms with van der Waals surface area (Å²) in [6, 6.07) is 12.9. The quantitative estimate of drug-likeness (QED) is 0.483. The number of thiazole rings is 1. The lowest BCUT2D eigenvalue weighted by molar-refractivity contribution is -0.113. The van der Waals surface area contributed by atoms with Crippen LogP contribution in [0.3, 0.4) is 0 Å². The fraction of sp³-hybridized carbons (Fsp3) is 0.0625. The standard InChI is InChI=1S/C16H10Cl2N4OS2/c17-9-5-10(18)7-11(6-9)19-14(23)8-24-15-20-21-16-22(15)12-3-1-2-4-13(12)25-16/h1-7H,8H2,(H,19,23). The number of nitrogens with zero attached hydrogens (tertiary/aromatic N) is 3. The molecule has 25 heavy (non-hydrogen) atoms. The van der Waals surface area contributed by atoms with Crippen LogP contribution in [0.4, 0.5) is 5.69 Å². The topological polar surface area (TPSA) is 59.3 Å². The van der Waals surface area contributed by atoms with Gasteiger partial charge in [-0.25, -0.2) is 0 Å². The van der Waals surface area contributed by atoms with Gasteiger partial charge in [-0.05, 0) is 30.3 Å². The molecule has 0 saturated heterocycles. The van der Waals surface area contributed by atoms with Crippen molar-refractivity contribution < 1.29 is 4.79 Å². The molecule has 1 amide bonds. The van der Waals surface area contributed by atoms with Gasteiger partial charge in [-0.1, -0.05) is 58.4 Å². The van der Waals surface area contributed by atoms with E-state index in [-0.39, 0.29) is 11.7 Å². The number of anilines is 1. The normalized spacial score (nSPS) is 11.3. The number of nitrogens with one attached hydrogen (secondary N) is 1. The van der Waals surface area contributed by atoms with Crippen molar-refractivity contribution in [2.24, 2.45) is 0 Å². The summed E-state index contributed by atoms with van der Waals surface area (Å²) in [6.45, 7) is 0. The van der Waals surface area contributed by atoms with Crippen LogP contribution in [0.5, 0.6) is 0 Å². The lowest BCUT2D eigenvalue weighted by atomic mass is 10.3. The predicted molar refractivity (Wildman–Crippen MR) is 104 cm³/mol. The van der Waals surface area contributed by atoms with Gasteiger partial charge >= 0.3 is 0 Å². The van der Waals surface area contributed by atoms with Crippen molar-refractivity contribution in [3.63, 3.8) is 0 Å². The van der Waals surface area contributed by atoms with Gasteiger partial charge in [-0.3, -0.25) is 9.20 Å². The molecule has 126 valence electrons. The number of fused-ring (bicyclic) bond motifs is 3. The van der Waals surface area contributed by atoms with Gasteiger partial charge in [0.1, 0.15) is 0 Å². The van der Waals surface area contributed by atoms with Crippen LogP contribution in [-0.2, 0) is 4.79 Å². The number of halogens is 2. The SMILES string of the molecule is O=C(CSc1nnc2sc3ccccc3n12)Nc1cc(Cl)cc(Cl)c1. The van der Waals surface area contributed by atoms with Gasteiger partial charge in [-0.15, -0.1) is 10.2 Å². The van der Waals surface area contributed by atoms with Crippen LogP contribution in [0.1, 0.15) is 0 Å². The van der Waals surface area contributed by atoms with E-state index in [0.29, 0.717) is 20.9 Å². The summed E-state index contributed by atoms with van der Waals surface area (Å²) in [5, 5.41) is 12.8. The molecule has 0 fully saturated rings. The van der Waals surface area contributed by atoms with Crippen LogP contribution in [0, 0.1) is 0 Å². The van der Waals surface area contributed by atoms with Crippen LogP contribution in [0.15, 0.2) is 47.6 Å². The third-order valence-corrected chi connectivity index (χ3v) is 5.77. The second kappa shape index (κ2) is 6.84. The summed E-state index contributed by atoms with van der Waals surface area (Å²) < 4.78 is 3.10. The minimum Gasteiger partial charge on any atom is -0.325 e. The number of hydrogen-bond acceptors (Lipinski definition) is 5. The number of para-hydroxylation sites is 1. The van der Waals surface area contributed by atoms with Crippen LogP contribution in [0.25, 0.3) is 15.2 Å². The van der Waals surface area contributed by atoms with Crippen molar-refractivity contribution in [2.45, 2.75) is 5.16 Å². The summed E-state index contributed by atoms with van der Waals surface area (Å²) in [7, 11) is 0. The Kier molecular flexibility index (Phi) is 4.56. The average molecular weight is 409 g/mol. The van der Waals surface area contributed by atoms with Crippen molar-refractivity contribution in [2.75, 3.05) is 11.1 Å². The fourth-order valence-corrected chi connectivity index (χ4v) is 4.70. The molecule has 0 aliphatic rings. The zero-order valence-corrected chi connectivity index (χ0v) is 15.7. The molecule has 0 saturated carbocycles. The number of aromatic nitrogens is 3. The Morgan fingerprint density at radius 2 is 1.92 bits per heavy atom. The zero-order chi connectivity index (χ0) is 17.4. The van der Waals surface area contributed by atoms with Crippen LogP contribution in [-0.4, -0.2) is 26.3 Å². The number of rotatable bonds is 4. The molecule has 1 N–H and O–H groups in total. The second-order valence-corrected chi connectivity index (χ2v) is 7.99. The molecule has 9 heteroatoms. The molecule has 0 aliphatic heterocycles. The predicted octanol–water partition coefficient (Wildman–Crippen LogP) is 4.98. The Morgan fingerprint density at radius 3 is 2.72 bits per heavy atom. The first-order valence-electron chi connectivity index (χ1n) is 7.21. The van der Waals surface area contributed by atoms with Gasteiger partial charge in [-0.2, -0.15) is 0 Å². The molecule has 0 spiro atoms. The molecule has 2 aromatic heterocycles. The van der Waals surface area contributed by atoms with Gasteiger partial charge in [0, 0.05) is 15.7 Å². The van der Waals surface area contributed by atoms with E-state index in [1.165, 1.54) is 11.8 Å². The van der Waals surface area contributed by atoms with Crippen molar-refractivity contribution in [1.82, 2.24) is 14.6 Å². The van der Waals surface area contributed by atoms with Gasteiger partial charge in [0.2, 0.25) is 10.9 Å². The monoisotopic (exact) mass is 408 g/mol. The number of benzene rings is 2. The van der Waals surface area contributed by atoms with E-state index in [4.69, 9.17) is 23.2 Å². The Labute approximate surface area is 161 Å². The Morgan fingerprint density at radius 1 is 1.16 bits per heavy atom. The molecule has 2 aromatic carbocycles. The van der Waals surface area contributed by atoms with Crippen molar-refractivity contribution in [1.29, 1.82) is 0 Å². The summed E-state index contributed by atoms with van der Waals surface area (Å²) in [4.78, 5) is 13.0. The lowest BCUT2D eigenvalue weighted by Gasteiger charge is -2.05. The zero-order valence-electron chi connectivity index (χ0n) is 12.6. The molecule has 0 aliphatic carbocycles. The minimum atomic E-state index is -0.167. The highest BCUT2D eigenvalue weighted by molar-refractivity contribution is 7.99. The first-order valence-corrected chi connectivity index (χ1v) is 9.77. The molecule has 0 unspecified atom stereocenters. The molecule has 0 atom stereocenters. The second-order valence-electron chi connectivity index (χ2n) is 5.17.